The summed E-state index contributed by atoms with van der Waals surface area (Å²) in [6.07, 6.45) is 0. The van der Waals surface area contributed by atoms with Crippen molar-refractivity contribution < 1.29 is 14.0 Å². The normalized spacial score (nSPS) is 10.1. The summed E-state index contributed by atoms with van der Waals surface area (Å²) in [5, 5.41) is 4.76. The van der Waals surface area contributed by atoms with Crippen molar-refractivity contribution in [3.05, 3.63) is 57.8 Å². The number of hydrogen-bond acceptors (Lipinski definition) is 2. The maximum Gasteiger partial charge on any atom is 0.316 e. The first kappa shape index (κ1) is 16.1. The zero-order valence-corrected chi connectivity index (χ0v) is 12.5. The van der Waals surface area contributed by atoms with Gasteiger partial charge in [0.15, 0.2) is 0 Å². The Bertz CT molecular complexity index is 753. The van der Waals surface area contributed by atoms with E-state index in [0.717, 1.165) is 12.1 Å². The Labute approximate surface area is 135 Å². The molecule has 0 saturated carbocycles. The quantitative estimate of drug-likeness (QED) is 0.740. The van der Waals surface area contributed by atoms with E-state index in [1.807, 2.05) is 0 Å². The van der Waals surface area contributed by atoms with Crippen LogP contribution >= 0.6 is 23.2 Å². The Morgan fingerprint density at radius 3 is 2.27 bits per heavy atom. The molecule has 114 valence electrons. The molecule has 3 amide bonds. The minimum absolute atomic E-state index is 0.0234. The molecule has 8 heteroatoms. The third-order valence-electron chi connectivity index (χ3n) is 2.64. The van der Waals surface area contributed by atoms with E-state index in [1.54, 1.807) is 18.2 Å². The van der Waals surface area contributed by atoms with E-state index in [0.29, 0.717) is 11.4 Å². The van der Waals surface area contributed by atoms with Crippen molar-refractivity contribution in [1.82, 2.24) is 0 Å². The minimum atomic E-state index is -0.750. The largest absolute Gasteiger partial charge is 0.351 e. The first-order valence-electron chi connectivity index (χ1n) is 5.99. The lowest BCUT2D eigenvalue weighted by atomic mass is 10.2. The van der Waals surface area contributed by atoms with Gasteiger partial charge in [0.1, 0.15) is 5.82 Å². The number of urea groups is 1. The molecule has 4 N–H and O–H groups in total. The van der Waals surface area contributed by atoms with Crippen molar-refractivity contribution >= 4 is 46.5 Å². The van der Waals surface area contributed by atoms with E-state index in [9.17, 15) is 14.0 Å². The summed E-state index contributed by atoms with van der Waals surface area (Å²) in [4.78, 5) is 22.9. The first-order valence-corrected chi connectivity index (χ1v) is 6.75. The van der Waals surface area contributed by atoms with Gasteiger partial charge in [0.2, 0.25) is 0 Å². The Hall–Kier alpha value is -2.31. The van der Waals surface area contributed by atoms with Gasteiger partial charge in [-0.1, -0.05) is 29.3 Å². The predicted molar refractivity (Wildman–Crippen MR) is 84.0 cm³/mol. The van der Waals surface area contributed by atoms with Gasteiger partial charge < -0.3 is 16.4 Å². The summed E-state index contributed by atoms with van der Waals surface area (Å²) in [6, 6.07) is 7.64. The number of halogens is 3. The number of benzene rings is 2. The monoisotopic (exact) mass is 341 g/mol. The molecule has 0 bridgehead atoms. The Kier molecular flexibility index (Phi) is 4.85. The SMILES string of the molecule is NC(=O)Nc1cccc(NC(=O)c2cc(F)c(Cl)cc2Cl)c1. The van der Waals surface area contributed by atoms with Crippen molar-refractivity contribution in [2.24, 2.45) is 5.73 Å². The predicted octanol–water partition coefficient (Wildman–Crippen LogP) is 3.88. The van der Waals surface area contributed by atoms with Crippen molar-refractivity contribution in [1.29, 1.82) is 0 Å². The van der Waals surface area contributed by atoms with E-state index in [-0.39, 0.29) is 15.6 Å². The summed E-state index contributed by atoms with van der Waals surface area (Å²) in [5.41, 5.74) is 5.73. The van der Waals surface area contributed by atoms with Crippen molar-refractivity contribution in [2.75, 3.05) is 10.6 Å². The number of amides is 3. The highest BCUT2D eigenvalue weighted by molar-refractivity contribution is 6.37. The molecule has 0 fully saturated rings. The van der Waals surface area contributed by atoms with Crippen LogP contribution < -0.4 is 16.4 Å². The van der Waals surface area contributed by atoms with Crippen LogP contribution in [0.3, 0.4) is 0 Å². The summed E-state index contributed by atoms with van der Waals surface area (Å²) in [7, 11) is 0. The molecule has 0 aromatic heterocycles. The molecule has 0 radical (unpaired) electrons. The average Bonchev–Trinajstić information content (AvgIpc) is 2.42. The van der Waals surface area contributed by atoms with Crippen molar-refractivity contribution in [3.8, 4) is 0 Å². The fourth-order valence-electron chi connectivity index (χ4n) is 1.71. The highest BCUT2D eigenvalue weighted by atomic mass is 35.5. The maximum absolute atomic E-state index is 13.4. The zero-order valence-electron chi connectivity index (χ0n) is 11.0. The highest BCUT2D eigenvalue weighted by Crippen LogP contribution is 2.25. The first-order chi connectivity index (χ1) is 10.4. The number of carbonyl (C=O) groups excluding carboxylic acids is 2. The van der Waals surface area contributed by atoms with Crippen LogP contribution in [0.1, 0.15) is 10.4 Å². The van der Waals surface area contributed by atoms with Crippen LogP contribution in [0.25, 0.3) is 0 Å². The third-order valence-corrected chi connectivity index (χ3v) is 3.24. The molecule has 2 rings (SSSR count). The molecule has 0 unspecified atom stereocenters. The van der Waals surface area contributed by atoms with Gasteiger partial charge in [-0.3, -0.25) is 4.79 Å². The summed E-state index contributed by atoms with van der Waals surface area (Å²) in [5.74, 6) is -1.36. The standard InChI is InChI=1S/C14H10Cl2FN3O2/c15-10-6-11(16)12(17)5-9(10)13(21)19-7-2-1-3-8(4-7)20-14(18)22/h1-6H,(H,19,21)(H3,18,20,22). The van der Waals surface area contributed by atoms with E-state index < -0.39 is 17.8 Å². The lowest BCUT2D eigenvalue weighted by molar-refractivity contribution is 0.102. The fourth-order valence-corrected chi connectivity index (χ4v) is 2.18. The number of primary amides is 1. The van der Waals surface area contributed by atoms with Crippen LogP contribution in [0.15, 0.2) is 36.4 Å². The Morgan fingerprint density at radius 1 is 1.00 bits per heavy atom. The topological polar surface area (TPSA) is 84.2 Å². The smallest absolute Gasteiger partial charge is 0.316 e. The second kappa shape index (κ2) is 6.64. The molecule has 5 nitrogen and oxygen atoms in total. The molecule has 0 aliphatic carbocycles. The molecule has 2 aromatic rings. The Balaban J connectivity index is 2.22. The van der Waals surface area contributed by atoms with Crippen LogP contribution in [-0.4, -0.2) is 11.9 Å². The van der Waals surface area contributed by atoms with Gasteiger partial charge in [-0.2, -0.15) is 0 Å². The lowest BCUT2D eigenvalue weighted by Crippen LogP contribution is -2.19. The molecule has 0 heterocycles. The number of anilines is 2. The molecule has 22 heavy (non-hydrogen) atoms. The molecule has 0 aliphatic heterocycles. The highest BCUT2D eigenvalue weighted by Gasteiger charge is 2.14. The summed E-state index contributed by atoms with van der Waals surface area (Å²) < 4.78 is 13.4. The van der Waals surface area contributed by atoms with Gasteiger partial charge in [-0.05, 0) is 30.3 Å². The van der Waals surface area contributed by atoms with Gasteiger partial charge in [0.05, 0.1) is 15.6 Å². The van der Waals surface area contributed by atoms with Gasteiger partial charge in [-0.25, -0.2) is 9.18 Å². The van der Waals surface area contributed by atoms with Gasteiger partial charge in [-0.15, -0.1) is 0 Å². The number of rotatable bonds is 3. The number of nitrogens with two attached hydrogens (primary N) is 1. The van der Waals surface area contributed by atoms with Crippen LogP contribution in [0.4, 0.5) is 20.6 Å². The van der Waals surface area contributed by atoms with Gasteiger partial charge in [0.25, 0.3) is 5.91 Å². The second-order valence-electron chi connectivity index (χ2n) is 4.27. The molecule has 0 spiro atoms. The fraction of sp³-hybridized carbons (Fsp3) is 0. The molecular formula is C14H10Cl2FN3O2. The lowest BCUT2D eigenvalue weighted by Gasteiger charge is -2.09. The van der Waals surface area contributed by atoms with Crippen molar-refractivity contribution in [3.63, 3.8) is 0 Å². The van der Waals surface area contributed by atoms with Crippen molar-refractivity contribution in [2.45, 2.75) is 0 Å². The van der Waals surface area contributed by atoms with E-state index in [1.165, 1.54) is 6.07 Å². The third kappa shape index (κ3) is 3.87. The van der Waals surface area contributed by atoms with Crippen LogP contribution in [-0.2, 0) is 0 Å². The average molecular weight is 342 g/mol. The van der Waals surface area contributed by atoms with E-state index in [2.05, 4.69) is 10.6 Å². The zero-order chi connectivity index (χ0) is 16.3. The van der Waals surface area contributed by atoms with Crippen LogP contribution in [0, 0.1) is 5.82 Å². The number of nitrogens with one attached hydrogen (secondary N) is 2. The molecule has 2 aromatic carbocycles. The number of carbonyl (C=O) groups is 2. The van der Waals surface area contributed by atoms with E-state index in [4.69, 9.17) is 28.9 Å². The number of hydrogen-bond donors (Lipinski definition) is 3. The van der Waals surface area contributed by atoms with Crippen LogP contribution in [0.2, 0.25) is 10.0 Å². The minimum Gasteiger partial charge on any atom is -0.351 e. The maximum atomic E-state index is 13.4. The van der Waals surface area contributed by atoms with E-state index >= 15 is 0 Å². The molecule has 0 saturated heterocycles. The van der Waals surface area contributed by atoms with Gasteiger partial charge >= 0.3 is 6.03 Å². The van der Waals surface area contributed by atoms with Crippen LogP contribution in [0.5, 0.6) is 0 Å². The summed E-state index contributed by atoms with van der Waals surface area (Å²) >= 11 is 11.5. The van der Waals surface area contributed by atoms with Gasteiger partial charge in [0, 0.05) is 11.4 Å². The summed E-state index contributed by atoms with van der Waals surface area (Å²) in [6.45, 7) is 0. The molecule has 0 atom stereocenters. The Morgan fingerprint density at radius 2 is 1.64 bits per heavy atom. The second-order valence-corrected chi connectivity index (χ2v) is 5.08. The molecular weight excluding hydrogens is 332 g/mol. The molecule has 0 aliphatic rings.